The molecule has 90 valence electrons. The minimum atomic E-state index is 0.0247. The average Bonchev–Trinajstić information content (AvgIpc) is 2.62. The second-order valence-electron chi connectivity index (χ2n) is 3.95. The summed E-state index contributed by atoms with van der Waals surface area (Å²) in [6.45, 7) is 1.97. The quantitative estimate of drug-likeness (QED) is 0.907. The first-order valence-corrected chi connectivity index (χ1v) is 5.78. The fourth-order valence-electron chi connectivity index (χ4n) is 1.95. The Morgan fingerprint density at radius 3 is 2.76 bits per heavy atom. The first-order chi connectivity index (χ1) is 8.13. The summed E-state index contributed by atoms with van der Waals surface area (Å²) in [4.78, 5) is 4.20. The Balaban J connectivity index is 2.47. The first kappa shape index (κ1) is 12.1. The molecule has 1 atom stereocenters. The Hall–Kier alpha value is -1.39. The van der Waals surface area contributed by atoms with Crippen molar-refractivity contribution >= 4 is 11.6 Å². The Morgan fingerprint density at radius 2 is 2.24 bits per heavy atom. The van der Waals surface area contributed by atoms with Gasteiger partial charge in [0.05, 0.1) is 23.0 Å². The summed E-state index contributed by atoms with van der Waals surface area (Å²) < 4.78 is 1.79. The van der Waals surface area contributed by atoms with Gasteiger partial charge in [-0.1, -0.05) is 11.6 Å². The third kappa shape index (κ3) is 2.33. The highest BCUT2D eigenvalue weighted by Crippen LogP contribution is 2.27. The molecule has 0 aliphatic heterocycles. The third-order valence-electron chi connectivity index (χ3n) is 2.75. The van der Waals surface area contributed by atoms with Gasteiger partial charge in [0.25, 0.3) is 0 Å². The van der Waals surface area contributed by atoms with E-state index in [1.807, 2.05) is 33.2 Å². The molecule has 0 saturated carbocycles. The zero-order chi connectivity index (χ0) is 12.4. The molecule has 1 unspecified atom stereocenters. The molecule has 4 nitrogen and oxygen atoms in total. The third-order valence-corrected chi connectivity index (χ3v) is 3.04. The lowest BCUT2D eigenvalue weighted by molar-refractivity contribution is 0.605. The molecule has 2 aromatic heterocycles. The summed E-state index contributed by atoms with van der Waals surface area (Å²) in [7, 11) is 3.79. The van der Waals surface area contributed by atoms with E-state index in [9.17, 15) is 0 Å². The van der Waals surface area contributed by atoms with Gasteiger partial charge in [0.1, 0.15) is 0 Å². The number of hydrogen-bond donors (Lipinski definition) is 1. The molecule has 0 fully saturated rings. The molecule has 2 rings (SSSR count). The number of halogens is 1. The topological polar surface area (TPSA) is 42.7 Å². The van der Waals surface area contributed by atoms with Crippen molar-refractivity contribution in [3.63, 3.8) is 0 Å². The maximum atomic E-state index is 6.17. The van der Waals surface area contributed by atoms with E-state index in [1.165, 1.54) is 0 Å². The maximum Gasteiger partial charge on any atom is 0.0837 e. The normalized spacial score (nSPS) is 12.7. The number of nitrogens with zero attached hydrogens (tertiary/aromatic N) is 3. The van der Waals surface area contributed by atoms with Gasteiger partial charge in [0.2, 0.25) is 0 Å². The Kier molecular flexibility index (Phi) is 3.45. The lowest BCUT2D eigenvalue weighted by Crippen LogP contribution is -2.21. The molecule has 0 radical (unpaired) electrons. The molecule has 0 bridgehead atoms. The molecule has 2 heterocycles. The lowest BCUT2D eigenvalue weighted by Gasteiger charge is -2.17. The van der Waals surface area contributed by atoms with E-state index in [2.05, 4.69) is 15.4 Å². The Morgan fingerprint density at radius 1 is 1.47 bits per heavy atom. The first-order valence-electron chi connectivity index (χ1n) is 5.40. The van der Waals surface area contributed by atoms with Crippen LogP contribution < -0.4 is 5.32 Å². The second kappa shape index (κ2) is 4.85. The second-order valence-corrected chi connectivity index (χ2v) is 4.36. The molecule has 0 spiro atoms. The van der Waals surface area contributed by atoms with Crippen LogP contribution in [-0.4, -0.2) is 21.8 Å². The standard InChI is InChI=1S/C12H15ClN4/c1-8-6-9(4-5-15-8)11(14-2)12-10(13)7-16-17(12)3/h4-7,11,14H,1-3H3. The number of nitrogens with one attached hydrogen (secondary N) is 1. The molecule has 17 heavy (non-hydrogen) atoms. The smallest absolute Gasteiger partial charge is 0.0837 e. The van der Waals surface area contributed by atoms with Crippen LogP contribution >= 0.6 is 11.6 Å². The van der Waals surface area contributed by atoms with Gasteiger partial charge in [0, 0.05) is 18.9 Å². The van der Waals surface area contributed by atoms with Gasteiger partial charge in [0.15, 0.2) is 0 Å². The zero-order valence-corrected chi connectivity index (χ0v) is 10.9. The van der Waals surface area contributed by atoms with Gasteiger partial charge in [-0.25, -0.2) is 0 Å². The molecule has 2 aromatic rings. The van der Waals surface area contributed by atoms with Crippen LogP contribution in [0.4, 0.5) is 0 Å². The predicted octanol–water partition coefficient (Wildman–Crippen LogP) is 2.09. The van der Waals surface area contributed by atoms with Gasteiger partial charge in [-0.15, -0.1) is 0 Å². The highest BCUT2D eigenvalue weighted by molar-refractivity contribution is 6.31. The molecule has 0 saturated heterocycles. The average molecular weight is 251 g/mol. The molecular formula is C12H15ClN4. The number of rotatable bonds is 3. The molecule has 0 amide bonds. The minimum absolute atomic E-state index is 0.0247. The summed E-state index contributed by atoms with van der Waals surface area (Å²) in [5.74, 6) is 0. The van der Waals surface area contributed by atoms with Crippen molar-refractivity contribution in [2.75, 3.05) is 7.05 Å². The van der Waals surface area contributed by atoms with Crippen molar-refractivity contribution in [3.05, 3.63) is 46.5 Å². The van der Waals surface area contributed by atoms with Crippen LogP contribution in [0.1, 0.15) is 23.0 Å². The van der Waals surface area contributed by atoms with Crippen molar-refractivity contribution in [2.24, 2.45) is 7.05 Å². The fourth-order valence-corrected chi connectivity index (χ4v) is 2.23. The number of hydrogen-bond acceptors (Lipinski definition) is 3. The van der Waals surface area contributed by atoms with E-state index in [-0.39, 0.29) is 6.04 Å². The molecule has 0 aromatic carbocycles. The molecule has 1 N–H and O–H groups in total. The van der Waals surface area contributed by atoms with Crippen LogP contribution in [0.25, 0.3) is 0 Å². The highest BCUT2D eigenvalue weighted by atomic mass is 35.5. The van der Waals surface area contributed by atoms with E-state index >= 15 is 0 Å². The largest absolute Gasteiger partial charge is 0.308 e. The summed E-state index contributed by atoms with van der Waals surface area (Å²) in [6, 6.07) is 4.05. The SMILES string of the molecule is CNC(c1ccnc(C)c1)c1c(Cl)cnn1C. The summed E-state index contributed by atoms with van der Waals surface area (Å²) in [6.07, 6.45) is 3.47. The highest BCUT2D eigenvalue weighted by Gasteiger charge is 2.19. The predicted molar refractivity (Wildman–Crippen MR) is 68.1 cm³/mol. The van der Waals surface area contributed by atoms with Crippen molar-refractivity contribution < 1.29 is 0 Å². The van der Waals surface area contributed by atoms with Crippen LogP contribution in [0, 0.1) is 6.92 Å². The van der Waals surface area contributed by atoms with Gasteiger partial charge in [-0.2, -0.15) is 5.10 Å². The van der Waals surface area contributed by atoms with Crippen molar-refractivity contribution in [1.82, 2.24) is 20.1 Å². The van der Waals surface area contributed by atoms with Crippen LogP contribution in [0.15, 0.2) is 24.5 Å². The maximum absolute atomic E-state index is 6.17. The molecule has 0 aliphatic rings. The van der Waals surface area contributed by atoms with Gasteiger partial charge >= 0.3 is 0 Å². The van der Waals surface area contributed by atoms with Crippen molar-refractivity contribution in [3.8, 4) is 0 Å². The van der Waals surface area contributed by atoms with Crippen molar-refractivity contribution in [1.29, 1.82) is 0 Å². The van der Waals surface area contributed by atoms with Crippen LogP contribution in [-0.2, 0) is 7.05 Å². The Bertz CT molecular complexity index is 501. The zero-order valence-electron chi connectivity index (χ0n) is 10.1. The minimum Gasteiger partial charge on any atom is -0.308 e. The van der Waals surface area contributed by atoms with Gasteiger partial charge in [-0.05, 0) is 31.7 Å². The van der Waals surface area contributed by atoms with E-state index < -0.39 is 0 Å². The fraction of sp³-hybridized carbons (Fsp3) is 0.333. The van der Waals surface area contributed by atoms with Crippen LogP contribution in [0.3, 0.4) is 0 Å². The number of aromatic nitrogens is 3. The summed E-state index contributed by atoms with van der Waals surface area (Å²) in [5.41, 5.74) is 3.08. The van der Waals surface area contributed by atoms with Gasteiger partial charge in [-0.3, -0.25) is 9.67 Å². The Labute approximate surface area is 106 Å². The molecular weight excluding hydrogens is 236 g/mol. The van der Waals surface area contributed by atoms with E-state index in [4.69, 9.17) is 11.6 Å². The van der Waals surface area contributed by atoms with Gasteiger partial charge < -0.3 is 5.32 Å². The summed E-state index contributed by atoms with van der Waals surface area (Å²) in [5, 5.41) is 8.09. The number of pyridine rings is 1. The monoisotopic (exact) mass is 250 g/mol. The van der Waals surface area contributed by atoms with E-state index in [1.54, 1.807) is 17.1 Å². The van der Waals surface area contributed by atoms with Crippen LogP contribution in [0.5, 0.6) is 0 Å². The van der Waals surface area contributed by atoms with Crippen LogP contribution in [0.2, 0.25) is 5.02 Å². The van der Waals surface area contributed by atoms with E-state index in [0.29, 0.717) is 5.02 Å². The summed E-state index contributed by atoms with van der Waals surface area (Å²) >= 11 is 6.17. The lowest BCUT2D eigenvalue weighted by atomic mass is 10.0. The molecule has 5 heteroatoms. The van der Waals surface area contributed by atoms with Crippen molar-refractivity contribution in [2.45, 2.75) is 13.0 Å². The number of aryl methyl sites for hydroxylation is 2. The van der Waals surface area contributed by atoms with E-state index in [0.717, 1.165) is 17.0 Å². The molecule has 0 aliphatic carbocycles.